The lowest BCUT2D eigenvalue weighted by Gasteiger charge is -2.19. The van der Waals surface area contributed by atoms with Gasteiger partial charge in [0.05, 0.1) is 0 Å². The molecular weight excluding hydrogens is 202 g/mol. The molecule has 0 aromatic heterocycles. The van der Waals surface area contributed by atoms with Gasteiger partial charge >= 0.3 is 8.69 Å². The van der Waals surface area contributed by atoms with Crippen molar-refractivity contribution in [1.82, 2.24) is 0 Å². The molecule has 0 radical (unpaired) electrons. The minimum absolute atomic E-state index is 0.00606. The Morgan fingerprint density at radius 1 is 1.36 bits per heavy atom. The topological polar surface area (TPSA) is 29.5 Å². The Balaban J connectivity index is 2.90. The average molecular weight is 216 g/mol. The van der Waals surface area contributed by atoms with Gasteiger partial charge in [0.1, 0.15) is 5.75 Å². The van der Waals surface area contributed by atoms with Gasteiger partial charge in [-0.1, -0.05) is 32.9 Å². The van der Waals surface area contributed by atoms with Gasteiger partial charge in [-0.05, 0) is 23.1 Å². The van der Waals surface area contributed by atoms with Crippen LogP contribution >= 0.6 is 8.69 Å². The Hall–Kier alpha value is -0.660. The van der Waals surface area contributed by atoms with Gasteiger partial charge in [0.25, 0.3) is 0 Å². The molecule has 0 aliphatic rings. The van der Waals surface area contributed by atoms with Crippen LogP contribution in [0.1, 0.15) is 26.3 Å². The van der Waals surface area contributed by atoms with Crippen LogP contribution in [-0.2, 0) is 5.41 Å². The molecule has 1 aromatic rings. The molecule has 0 bridgehead atoms. The van der Waals surface area contributed by atoms with Crippen LogP contribution in [0.4, 0.5) is 4.20 Å². The Morgan fingerprint density at radius 2 is 2.00 bits per heavy atom. The molecule has 4 heteroatoms. The fraction of sp³-hybridized carbons (Fsp3) is 0.400. The molecule has 0 saturated carbocycles. The van der Waals surface area contributed by atoms with E-state index >= 15 is 0 Å². The minimum atomic E-state index is -2.82. The quantitative estimate of drug-likeness (QED) is 0.766. The molecule has 14 heavy (non-hydrogen) atoms. The third kappa shape index (κ3) is 3.24. The molecule has 0 amide bonds. The summed E-state index contributed by atoms with van der Waals surface area (Å²) in [5.41, 5.74) is 1.04. The first kappa shape index (κ1) is 11.4. The maximum atomic E-state index is 12.2. The summed E-state index contributed by atoms with van der Waals surface area (Å²) in [5.74, 6) is 0.369. The van der Waals surface area contributed by atoms with Crippen LogP contribution in [0.15, 0.2) is 24.3 Å². The predicted molar refractivity (Wildman–Crippen MR) is 56.0 cm³/mol. The molecule has 2 nitrogen and oxygen atoms in total. The lowest BCUT2D eigenvalue weighted by Crippen LogP contribution is -2.10. The van der Waals surface area contributed by atoms with Gasteiger partial charge in [0.2, 0.25) is 0 Å². The van der Waals surface area contributed by atoms with Crippen molar-refractivity contribution in [2.45, 2.75) is 26.2 Å². The van der Waals surface area contributed by atoms with E-state index in [4.69, 9.17) is 4.89 Å². The van der Waals surface area contributed by atoms with Crippen LogP contribution in [0.5, 0.6) is 5.75 Å². The van der Waals surface area contributed by atoms with Crippen molar-refractivity contribution < 1.29 is 13.6 Å². The summed E-state index contributed by atoms with van der Waals surface area (Å²) in [5, 5.41) is 0. The van der Waals surface area contributed by atoms with E-state index in [2.05, 4.69) is 25.3 Å². The van der Waals surface area contributed by atoms with Gasteiger partial charge < -0.3 is 9.42 Å². The molecular formula is C10H14FO2P. The Kier molecular flexibility index (Phi) is 3.46. The molecule has 1 atom stereocenters. The van der Waals surface area contributed by atoms with Crippen molar-refractivity contribution in [3.63, 3.8) is 0 Å². The van der Waals surface area contributed by atoms with Gasteiger partial charge in [-0.25, -0.2) is 0 Å². The van der Waals surface area contributed by atoms with E-state index in [-0.39, 0.29) is 5.41 Å². The molecule has 1 N–H and O–H groups in total. The van der Waals surface area contributed by atoms with Crippen molar-refractivity contribution in [2.75, 3.05) is 0 Å². The Labute approximate surface area is 84.8 Å². The molecule has 0 spiro atoms. The molecule has 1 aromatic carbocycles. The Morgan fingerprint density at radius 3 is 2.50 bits per heavy atom. The molecule has 0 aliphatic carbocycles. The third-order valence-corrected chi connectivity index (χ3v) is 2.24. The largest absolute Gasteiger partial charge is 0.436 e. The van der Waals surface area contributed by atoms with E-state index in [0.29, 0.717) is 5.75 Å². The normalized spacial score (nSPS) is 13.8. The predicted octanol–water partition coefficient (Wildman–Crippen LogP) is 3.55. The first-order valence-corrected chi connectivity index (χ1v) is 5.43. The smallest absolute Gasteiger partial charge is 0.424 e. The van der Waals surface area contributed by atoms with Crippen LogP contribution in [0.2, 0.25) is 0 Å². The summed E-state index contributed by atoms with van der Waals surface area (Å²) in [6.45, 7) is 6.18. The van der Waals surface area contributed by atoms with Crippen LogP contribution in [0.3, 0.4) is 0 Å². The molecule has 78 valence electrons. The molecule has 0 heterocycles. The number of hydrogen-bond donors (Lipinski definition) is 1. The van der Waals surface area contributed by atoms with Gasteiger partial charge in [0.15, 0.2) is 0 Å². The standard InChI is InChI=1S/C10H14FO2P/c1-10(2,3)8-5-4-6-9(7-8)13-14(11)12/h4-7,12H,1-3H3. The van der Waals surface area contributed by atoms with E-state index in [1.54, 1.807) is 18.2 Å². The number of halogens is 1. The highest BCUT2D eigenvalue weighted by molar-refractivity contribution is 7.40. The lowest BCUT2D eigenvalue weighted by atomic mass is 9.87. The van der Waals surface area contributed by atoms with Crippen LogP contribution in [-0.4, -0.2) is 4.89 Å². The van der Waals surface area contributed by atoms with Gasteiger partial charge in [-0.3, -0.25) is 0 Å². The van der Waals surface area contributed by atoms with Crippen molar-refractivity contribution in [3.05, 3.63) is 29.8 Å². The van der Waals surface area contributed by atoms with Crippen molar-refractivity contribution in [1.29, 1.82) is 0 Å². The second-order valence-corrected chi connectivity index (χ2v) is 4.73. The highest BCUT2D eigenvalue weighted by Gasteiger charge is 2.14. The second kappa shape index (κ2) is 4.24. The average Bonchev–Trinajstić information content (AvgIpc) is 2.01. The van der Waals surface area contributed by atoms with E-state index < -0.39 is 8.69 Å². The monoisotopic (exact) mass is 216 g/mol. The van der Waals surface area contributed by atoms with E-state index in [1.165, 1.54) is 0 Å². The zero-order valence-electron chi connectivity index (χ0n) is 8.49. The van der Waals surface area contributed by atoms with Gasteiger partial charge in [-0.15, -0.1) is 4.20 Å². The maximum absolute atomic E-state index is 12.2. The number of benzene rings is 1. The van der Waals surface area contributed by atoms with E-state index in [1.807, 2.05) is 6.07 Å². The summed E-state index contributed by atoms with van der Waals surface area (Å²) in [6, 6.07) is 7.10. The molecule has 1 rings (SSSR count). The molecule has 0 saturated heterocycles. The van der Waals surface area contributed by atoms with E-state index in [9.17, 15) is 4.20 Å². The van der Waals surface area contributed by atoms with Gasteiger partial charge in [-0.2, -0.15) is 0 Å². The molecule has 0 aliphatic heterocycles. The van der Waals surface area contributed by atoms with Crippen molar-refractivity contribution in [2.24, 2.45) is 0 Å². The summed E-state index contributed by atoms with van der Waals surface area (Å²) in [4.78, 5) is 8.48. The van der Waals surface area contributed by atoms with E-state index in [0.717, 1.165) is 5.56 Å². The fourth-order valence-corrected chi connectivity index (χ4v) is 1.39. The van der Waals surface area contributed by atoms with Crippen LogP contribution in [0, 0.1) is 0 Å². The van der Waals surface area contributed by atoms with Crippen LogP contribution in [0.25, 0.3) is 0 Å². The summed E-state index contributed by atoms with van der Waals surface area (Å²) < 4.78 is 16.8. The summed E-state index contributed by atoms with van der Waals surface area (Å²) in [7, 11) is -2.82. The number of hydrogen-bond acceptors (Lipinski definition) is 2. The second-order valence-electron chi connectivity index (χ2n) is 4.10. The van der Waals surface area contributed by atoms with Crippen molar-refractivity contribution >= 4 is 8.69 Å². The fourth-order valence-electron chi connectivity index (χ4n) is 1.11. The first-order chi connectivity index (χ1) is 6.39. The molecule has 0 fully saturated rings. The third-order valence-electron chi connectivity index (χ3n) is 1.88. The Bertz CT molecular complexity index is 307. The zero-order chi connectivity index (χ0) is 10.8. The lowest BCUT2D eigenvalue weighted by molar-refractivity contribution is 0.432. The van der Waals surface area contributed by atoms with Crippen molar-refractivity contribution in [3.8, 4) is 5.75 Å². The molecule has 1 unspecified atom stereocenters. The summed E-state index contributed by atoms with van der Waals surface area (Å²) in [6.07, 6.45) is 0. The number of rotatable bonds is 2. The highest BCUT2D eigenvalue weighted by atomic mass is 31.2. The van der Waals surface area contributed by atoms with Gasteiger partial charge in [0, 0.05) is 0 Å². The highest BCUT2D eigenvalue weighted by Crippen LogP contribution is 2.36. The first-order valence-electron chi connectivity index (χ1n) is 4.33. The zero-order valence-corrected chi connectivity index (χ0v) is 9.38. The minimum Gasteiger partial charge on any atom is -0.424 e. The SMILES string of the molecule is CC(C)(C)c1cccc(OP(O)F)c1. The van der Waals surface area contributed by atoms with Crippen LogP contribution < -0.4 is 4.52 Å². The summed E-state index contributed by atoms with van der Waals surface area (Å²) >= 11 is 0. The maximum Gasteiger partial charge on any atom is 0.436 e.